The van der Waals surface area contributed by atoms with E-state index in [9.17, 15) is 5.11 Å². The predicted molar refractivity (Wildman–Crippen MR) is 112 cm³/mol. The smallest absolute Gasteiger partial charge is 0.0897 e. The van der Waals surface area contributed by atoms with E-state index in [-0.39, 0.29) is 6.61 Å². The Morgan fingerprint density at radius 1 is 0.769 bits per heavy atom. The first-order chi connectivity index (χ1) is 12.7. The van der Waals surface area contributed by atoms with Crippen LogP contribution in [0.25, 0.3) is 0 Å². The SMILES string of the molecule is CC(C)CCCCCCCCCCCCCCOCC(O)CNCCO. The molecular formula is C22H47NO3. The van der Waals surface area contributed by atoms with Crippen molar-refractivity contribution < 1.29 is 14.9 Å². The van der Waals surface area contributed by atoms with Crippen molar-refractivity contribution in [1.29, 1.82) is 0 Å². The van der Waals surface area contributed by atoms with Crippen LogP contribution in [0.1, 0.15) is 97.3 Å². The summed E-state index contributed by atoms with van der Waals surface area (Å²) < 4.78 is 5.49. The molecule has 3 N–H and O–H groups in total. The van der Waals surface area contributed by atoms with Gasteiger partial charge in [0.15, 0.2) is 0 Å². The summed E-state index contributed by atoms with van der Waals surface area (Å²) >= 11 is 0. The van der Waals surface area contributed by atoms with Crippen molar-refractivity contribution in [2.24, 2.45) is 5.92 Å². The molecule has 0 rings (SSSR count). The average molecular weight is 374 g/mol. The number of nitrogens with one attached hydrogen (secondary N) is 1. The van der Waals surface area contributed by atoms with Crippen molar-refractivity contribution in [2.45, 2.75) is 103 Å². The number of rotatable bonds is 21. The molecule has 26 heavy (non-hydrogen) atoms. The van der Waals surface area contributed by atoms with E-state index in [1.54, 1.807) is 0 Å². The molecule has 0 heterocycles. The zero-order chi connectivity index (χ0) is 19.3. The molecule has 0 aromatic rings. The minimum absolute atomic E-state index is 0.103. The summed E-state index contributed by atoms with van der Waals surface area (Å²) in [6.07, 6.45) is 17.2. The molecule has 0 fully saturated rings. The van der Waals surface area contributed by atoms with Crippen molar-refractivity contribution in [2.75, 3.05) is 32.9 Å². The zero-order valence-electron chi connectivity index (χ0n) is 17.7. The lowest BCUT2D eigenvalue weighted by Gasteiger charge is -2.11. The molecule has 0 saturated carbocycles. The molecule has 1 atom stereocenters. The third-order valence-corrected chi connectivity index (χ3v) is 4.80. The maximum absolute atomic E-state index is 9.63. The van der Waals surface area contributed by atoms with Gasteiger partial charge in [-0.1, -0.05) is 90.9 Å². The number of ether oxygens (including phenoxy) is 1. The first kappa shape index (κ1) is 25.8. The summed E-state index contributed by atoms with van der Waals surface area (Å²) in [7, 11) is 0. The summed E-state index contributed by atoms with van der Waals surface area (Å²) in [6.45, 7) is 6.87. The van der Waals surface area contributed by atoms with Crippen molar-refractivity contribution in [3.63, 3.8) is 0 Å². The normalized spacial score (nSPS) is 12.8. The van der Waals surface area contributed by atoms with Crippen molar-refractivity contribution >= 4 is 0 Å². The van der Waals surface area contributed by atoms with Crippen LogP contribution in [-0.2, 0) is 4.74 Å². The maximum Gasteiger partial charge on any atom is 0.0897 e. The van der Waals surface area contributed by atoms with E-state index in [4.69, 9.17) is 9.84 Å². The lowest BCUT2D eigenvalue weighted by molar-refractivity contribution is 0.0350. The highest BCUT2D eigenvalue weighted by Gasteiger charge is 2.03. The minimum Gasteiger partial charge on any atom is -0.395 e. The highest BCUT2D eigenvalue weighted by molar-refractivity contribution is 4.57. The van der Waals surface area contributed by atoms with Gasteiger partial charge < -0.3 is 20.3 Å². The Morgan fingerprint density at radius 2 is 1.27 bits per heavy atom. The van der Waals surface area contributed by atoms with Crippen LogP contribution in [-0.4, -0.2) is 49.2 Å². The number of aliphatic hydroxyl groups excluding tert-OH is 2. The lowest BCUT2D eigenvalue weighted by Crippen LogP contribution is -2.32. The lowest BCUT2D eigenvalue weighted by atomic mass is 10.0. The number of unbranched alkanes of at least 4 members (excludes halogenated alkanes) is 11. The van der Waals surface area contributed by atoms with Crippen molar-refractivity contribution in [1.82, 2.24) is 5.32 Å². The van der Waals surface area contributed by atoms with Crippen LogP contribution in [0, 0.1) is 5.92 Å². The molecule has 0 aromatic carbocycles. The van der Waals surface area contributed by atoms with Gasteiger partial charge in [0.1, 0.15) is 0 Å². The molecule has 0 radical (unpaired) electrons. The molecule has 0 spiro atoms. The summed E-state index contributed by atoms with van der Waals surface area (Å²) in [4.78, 5) is 0. The Balaban J connectivity index is 3.07. The molecule has 0 amide bonds. The molecule has 0 aliphatic carbocycles. The first-order valence-electron chi connectivity index (χ1n) is 11.2. The van der Waals surface area contributed by atoms with Gasteiger partial charge in [-0.3, -0.25) is 0 Å². The van der Waals surface area contributed by atoms with E-state index in [0.717, 1.165) is 18.9 Å². The third-order valence-electron chi connectivity index (χ3n) is 4.80. The second kappa shape index (κ2) is 21.1. The Kier molecular flexibility index (Phi) is 21.0. The van der Waals surface area contributed by atoms with Gasteiger partial charge in [-0.15, -0.1) is 0 Å². The van der Waals surface area contributed by atoms with Gasteiger partial charge in [0, 0.05) is 19.7 Å². The highest BCUT2D eigenvalue weighted by atomic mass is 16.5. The molecule has 158 valence electrons. The van der Waals surface area contributed by atoms with E-state index in [2.05, 4.69) is 19.2 Å². The summed E-state index contributed by atoms with van der Waals surface area (Å²) in [5.41, 5.74) is 0. The van der Waals surface area contributed by atoms with Crippen LogP contribution >= 0.6 is 0 Å². The number of aliphatic hydroxyl groups is 2. The number of hydrogen-bond donors (Lipinski definition) is 3. The quantitative estimate of drug-likeness (QED) is 0.256. The molecule has 4 heteroatoms. The molecular weight excluding hydrogens is 326 g/mol. The van der Waals surface area contributed by atoms with Gasteiger partial charge in [-0.05, 0) is 12.3 Å². The van der Waals surface area contributed by atoms with Crippen LogP contribution in [0.2, 0.25) is 0 Å². The second-order valence-electron chi connectivity index (χ2n) is 8.08. The van der Waals surface area contributed by atoms with Gasteiger partial charge >= 0.3 is 0 Å². The third kappa shape index (κ3) is 21.9. The van der Waals surface area contributed by atoms with E-state index in [0.29, 0.717) is 19.7 Å². The number of hydrogen-bond acceptors (Lipinski definition) is 4. The fourth-order valence-corrected chi connectivity index (χ4v) is 3.15. The van der Waals surface area contributed by atoms with E-state index >= 15 is 0 Å². The average Bonchev–Trinajstić information content (AvgIpc) is 2.61. The van der Waals surface area contributed by atoms with Crippen LogP contribution in [0.15, 0.2) is 0 Å². The monoisotopic (exact) mass is 373 g/mol. The molecule has 0 aliphatic heterocycles. The van der Waals surface area contributed by atoms with Crippen LogP contribution < -0.4 is 5.32 Å². The van der Waals surface area contributed by atoms with Gasteiger partial charge in [0.25, 0.3) is 0 Å². The minimum atomic E-state index is -0.475. The van der Waals surface area contributed by atoms with Gasteiger partial charge in [-0.25, -0.2) is 0 Å². The Labute approximate surface area is 163 Å². The Bertz CT molecular complexity index is 262. The standard InChI is InChI=1S/C22H47NO3/c1-21(2)15-13-11-9-7-5-3-4-6-8-10-12-14-18-26-20-22(25)19-23-16-17-24/h21-25H,3-20H2,1-2H3. The molecule has 0 aliphatic rings. The van der Waals surface area contributed by atoms with Crippen LogP contribution in [0.5, 0.6) is 0 Å². The van der Waals surface area contributed by atoms with Gasteiger partial charge in [0.05, 0.1) is 19.3 Å². The fraction of sp³-hybridized carbons (Fsp3) is 1.00. The molecule has 0 saturated heterocycles. The highest BCUT2D eigenvalue weighted by Crippen LogP contribution is 2.14. The van der Waals surface area contributed by atoms with E-state index < -0.39 is 6.10 Å². The first-order valence-corrected chi connectivity index (χ1v) is 11.2. The Hall–Kier alpha value is -0.160. The molecule has 0 aromatic heterocycles. The van der Waals surface area contributed by atoms with Gasteiger partial charge in [0.2, 0.25) is 0 Å². The predicted octanol–water partition coefficient (Wildman–Crippen LogP) is 4.67. The molecule has 0 bridgehead atoms. The summed E-state index contributed by atoms with van der Waals surface area (Å²) in [6, 6.07) is 0. The molecule has 4 nitrogen and oxygen atoms in total. The zero-order valence-corrected chi connectivity index (χ0v) is 17.7. The summed E-state index contributed by atoms with van der Waals surface area (Å²) in [5.74, 6) is 0.868. The topological polar surface area (TPSA) is 61.7 Å². The van der Waals surface area contributed by atoms with Crippen molar-refractivity contribution in [3.8, 4) is 0 Å². The van der Waals surface area contributed by atoms with Crippen LogP contribution in [0.4, 0.5) is 0 Å². The van der Waals surface area contributed by atoms with Crippen molar-refractivity contribution in [3.05, 3.63) is 0 Å². The second-order valence-corrected chi connectivity index (χ2v) is 8.08. The maximum atomic E-state index is 9.63. The summed E-state index contributed by atoms with van der Waals surface area (Å²) in [5, 5.41) is 21.2. The Morgan fingerprint density at radius 3 is 1.77 bits per heavy atom. The van der Waals surface area contributed by atoms with Crippen LogP contribution in [0.3, 0.4) is 0 Å². The van der Waals surface area contributed by atoms with E-state index in [1.807, 2.05) is 0 Å². The van der Waals surface area contributed by atoms with Gasteiger partial charge in [-0.2, -0.15) is 0 Å². The molecule has 1 unspecified atom stereocenters. The largest absolute Gasteiger partial charge is 0.395 e. The van der Waals surface area contributed by atoms with E-state index in [1.165, 1.54) is 77.0 Å². The fourth-order valence-electron chi connectivity index (χ4n) is 3.15.